The Morgan fingerprint density at radius 3 is 2.42 bits per heavy atom. The maximum Gasteiger partial charge on any atom is 0.283 e. The number of benzene rings is 3. The fourth-order valence-corrected chi connectivity index (χ4v) is 6.57. The Balaban J connectivity index is 1.63. The summed E-state index contributed by atoms with van der Waals surface area (Å²) in [6.07, 6.45) is 2.97. The van der Waals surface area contributed by atoms with Gasteiger partial charge in [-0.15, -0.1) is 0 Å². The van der Waals surface area contributed by atoms with Crippen molar-refractivity contribution < 1.29 is 18.3 Å². The third kappa shape index (κ3) is 6.09. The van der Waals surface area contributed by atoms with Crippen LogP contribution >= 0.6 is 11.8 Å². The monoisotopic (exact) mass is 580 g/mol. The zero-order valence-corrected chi connectivity index (χ0v) is 23.1. The molecule has 14 heteroatoms. The van der Waals surface area contributed by atoms with E-state index >= 15 is 0 Å². The van der Waals surface area contributed by atoms with Gasteiger partial charge in [0, 0.05) is 53.3 Å². The van der Waals surface area contributed by atoms with E-state index in [0.717, 1.165) is 27.9 Å². The minimum Gasteiger partial charge on any atom is -0.277 e. The van der Waals surface area contributed by atoms with Gasteiger partial charge in [-0.25, -0.2) is 8.42 Å². The molecule has 0 amide bonds. The van der Waals surface area contributed by atoms with Crippen molar-refractivity contribution in [1.29, 1.82) is 0 Å². The number of nitrogens with zero attached hydrogens (tertiary/aromatic N) is 5. The van der Waals surface area contributed by atoms with E-state index in [9.17, 15) is 28.6 Å². The van der Waals surface area contributed by atoms with Crippen LogP contribution in [0.15, 0.2) is 92.7 Å². The third-order valence-corrected chi connectivity index (χ3v) is 9.10. The van der Waals surface area contributed by atoms with Crippen molar-refractivity contribution in [1.82, 2.24) is 9.29 Å². The lowest BCUT2D eigenvalue weighted by Gasteiger charge is -2.20. The fraction of sp³-hybridized carbons (Fsp3) is 0.154. The molecule has 0 fully saturated rings. The van der Waals surface area contributed by atoms with E-state index in [-0.39, 0.29) is 35.0 Å². The molecule has 206 valence electrons. The van der Waals surface area contributed by atoms with Crippen molar-refractivity contribution in [2.24, 2.45) is 5.10 Å². The smallest absolute Gasteiger partial charge is 0.277 e. The van der Waals surface area contributed by atoms with E-state index in [1.165, 1.54) is 34.4 Å². The van der Waals surface area contributed by atoms with Crippen LogP contribution in [0.25, 0.3) is 10.9 Å². The predicted molar refractivity (Wildman–Crippen MR) is 153 cm³/mol. The van der Waals surface area contributed by atoms with Crippen molar-refractivity contribution in [2.75, 3.05) is 18.5 Å². The standard InChI is InChI=1S/C26H24N6O6S2/c1-3-30(4-2)40(37,38)25-16-20(31(33)34)11-12-21(25)29-28-17-18-10-13-23(22(15-18)32(35)36)39-24-9-5-7-19-8-6-14-27-26(19)24/h5-17,29H,3-4H2,1-2H3/b28-17-. The Morgan fingerprint density at radius 1 is 0.975 bits per heavy atom. The molecule has 12 nitrogen and oxygen atoms in total. The van der Waals surface area contributed by atoms with Crippen molar-refractivity contribution in [3.05, 3.63) is 98.7 Å². The van der Waals surface area contributed by atoms with Crippen LogP contribution in [0, 0.1) is 20.2 Å². The first-order chi connectivity index (χ1) is 19.1. The van der Waals surface area contributed by atoms with Crippen LogP contribution < -0.4 is 5.43 Å². The molecule has 1 aromatic heterocycles. The molecule has 0 aliphatic carbocycles. The van der Waals surface area contributed by atoms with E-state index in [1.54, 1.807) is 32.2 Å². The largest absolute Gasteiger partial charge is 0.283 e. The average Bonchev–Trinajstić information content (AvgIpc) is 2.94. The summed E-state index contributed by atoms with van der Waals surface area (Å²) < 4.78 is 27.5. The lowest BCUT2D eigenvalue weighted by molar-refractivity contribution is -0.387. The topological polar surface area (TPSA) is 161 Å². The maximum atomic E-state index is 13.1. The normalized spacial score (nSPS) is 11.8. The van der Waals surface area contributed by atoms with Gasteiger partial charge >= 0.3 is 0 Å². The van der Waals surface area contributed by atoms with Crippen LogP contribution in [0.5, 0.6) is 0 Å². The molecule has 40 heavy (non-hydrogen) atoms. The Kier molecular flexibility index (Phi) is 8.72. The summed E-state index contributed by atoms with van der Waals surface area (Å²) in [7, 11) is -4.06. The number of hydrogen-bond donors (Lipinski definition) is 1. The first kappa shape index (κ1) is 28.6. The van der Waals surface area contributed by atoms with E-state index in [2.05, 4.69) is 15.5 Å². The van der Waals surface area contributed by atoms with E-state index in [0.29, 0.717) is 10.5 Å². The number of sulfonamides is 1. The molecule has 0 atom stereocenters. The van der Waals surface area contributed by atoms with Crippen LogP contribution in [0.3, 0.4) is 0 Å². The van der Waals surface area contributed by atoms with Crippen molar-refractivity contribution in [3.63, 3.8) is 0 Å². The first-order valence-corrected chi connectivity index (χ1v) is 14.3. The number of pyridine rings is 1. The molecule has 0 saturated heterocycles. The van der Waals surface area contributed by atoms with Gasteiger partial charge in [-0.3, -0.25) is 30.6 Å². The molecular weight excluding hydrogens is 556 g/mol. The van der Waals surface area contributed by atoms with Crippen LogP contribution in [0.4, 0.5) is 17.1 Å². The van der Waals surface area contributed by atoms with Gasteiger partial charge in [-0.2, -0.15) is 9.41 Å². The van der Waals surface area contributed by atoms with Gasteiger partial charge in [-0.05, 0) is 24.3 Å². The SMILES string of the molecule is CCN(CC)S(=O)(=O)c1cc([N+](=O)[O-])ccc1N/N=C\c1ccc(Sc2cccc3cccnc23)c([N+](=O)[O-])c1. The number of rotatable bonds is 11. The van der Waals surface area contributed by atoms with Gasteiger partial charge in [0.05, 0.1) is 32.2 Å². The summed E-state index contributed by atoms with van der Waals surface area (Å²) in [6, 6.07) is 17.4. The number of hydrazone groups is 1. The van der Waals surface area contributed by atoms with Crippen LogP contribution in [0.2, 0.25) is 0 Å². The van der Waals surface area contributed by atoms with E-state index in [1.807, 2.05) is 30.3 Å². The highest BCUT2D eigenvalue weighted by Gasteiger charge is 2.27. The van der Waals surface area contributed by atoms with Gasteiger partial charge in [0.1, 0.15) is 4.90 Å². The van der Waals surface area contributed by atoms with Crippen LogP contribution in [-0.4, -0.2) is 46.9 Å². The van der Waals surface area contributed by atoms with Crippen LogP contribution in [-0.2, 0) is 10.0 Å². The second-order valence-corrected chi connectivity index (χ2v) is 11.3. The number of hydrogen-bond acceptors (Lipinski definition) is 10. The summed E-state index contributed by atoms with van der Waals surface area (Å²) >= 11 is 1.23. The zero-order valence-electron chi connectivity index (χ0n) is 21.4. The molecule has 0 aliphatic rings. The van der Waals surface area contributed by atoms with Crippen molar-refractivity contribution in [3.8, 4) is 0 Å². The second-order valence-electron chi connectivity index (χ2n) is 8.31. The highest BCUT2D eigenvalue weighted by molar-refractivity contribution is 7.99. The maximum absolute atomic E-state index is 13.1. The molecule has 1 heterocycles. The Bertz CT molecular complexity index is 1720. The molecule has 0 unspecified atom stereocenters. The van der Waals surface area contributed by atoms with Gasteiger partial charge in [0.15, 0.2) is 0 Å². The minimum atomic E-state index is -4.06. The number of anilines is 1. The molecule has 0 aliphatic heterocycles. The Morgan fingerprint density at radius 2 is 1.73 bits per heavy atom. The van der Waals surface area contributed by atoms with E-state index in [4.69, 9.17) is 0 Å². The van der Waals surface area contributed by atoms with Crippen molar-refractivity contribution >= 4 is 56.0 Å². The number of para-hydroxylation sites is 1. The third-order valence-electron chi connectivity index (χ3n) is 5.89. The van der Waals surface area contributed by atoms with Gasteiger partial charge < -0.3 is 0 Å². The molecule has 0 bridgehead atoms. The number of nitro groups is 2. The quantitative estimate of drug-likeness (QED) is 0.134. The van der Waals surface area contributed by atoms with Gasteiger partial charge in [0.25, 0.3) is 11.4 Å². The number of non-ortho nitro benzene ring substituents is 1. The molecule has 3 aromatic carbocycles. The fourth-order valence-electron chi connectivity index (χ4n) is 3.93. The summed E-state index contributed by atoms with van der Waals surface area (Å²) in [4.78, 5) is 27.3. The molecule has 0 radical (unpaired) electrons. The average molecular weight is 581 g/mol. The highest BCUT2D eigenvalue weighted by Crippen LogP contribution is 2.38. The molecule has 0 saturated carbocycles. The number of aromatic nitrogens is 1. The molecule has 4 rings (SSSR count). The summed E-state index contributed by atoms with van der Waals surface area (Å²) in [5, 5.41) is 28.1. The van der Waals surface area contributed by atoms with Crippen molar-refractivity contribution in [2.45, 2.75) is 28.5 Å². The summed E-state index contributed by atoms with van der Waals surface area (Å²) in [5.41, 5.74) is 3.24. The first-order valence-electron chi connectivity index (χ1n) is 12.0. The molecule has 0 spiro atoms. The molecular formula is C26H24N6O6S2. The zero-order chi connectivity index (χ0) is 28.9. The lowest BCUT2D eigenvalue weighted by atomic mass is 10.2. The predicted octanol–water partition coefficient (Wildman–Crippen LogP) is 5.68. The summed E-state index contributed by atoms with van der Waals surface area (Å²) in [6.45, 7) is 3.67. The van der Waals surface area contributed by atoms with Gasteiger partial charge in [-0.1, -0.05) is 49.9 Å². The molecule has 4 aromatic rings. The number of fused-ring (bicyclic) bond motifs is 1. The van der Waals surface area contributed by atoms with E-state index < -0.39 is 19.9 Å². The number of nitrogens with one attached hydrogen (secondary N) is 1. The van der Waals surface area contributed by atoms with Gasteiger partial charge in [0.2, 0.25) is 10.0 Å². The van der Waals surface area contributed by atoms with Crippen LogP contribution in [0.1, 0.15) is 19.4 Å². The number of nitro benzene ring substituents is 2. The highest BCUT2D eigenvalue weighted by atomic mass is 32.2. The molecule has 1 N–H and O–H groups in total. The summed E-state index contributed by atoms with van der Waals surface area (Å²) in [5.74, 6) is 0. The Labute approximate surface area is 234 Å². The minimum absolute atomic E-state index is 0.0267. The Hall–Kier alpha value is -4.40. The second kappa shape index (κ2) is 12.2. The lowest BCUT2D eigenvalue weighted by Crippen LogP contribution is -2.31.